The number of esters is 1. The number of alkyl halides is 3. The van der Waals surface area contributed by atoms with Gasteiger partial charge in [0, 0.05) is 5.70 Å². The Labute approximate surface area is 149 Å². The van der Waals surface area contributed by atoms with Crippen molar-refractivity contribution in [1.82, 2.24) is 0 Å². The lowest BCUT2D eigenvalue weighted by molar-refractivity contribution is -0.137. The maximum Gasteiger partial charge on any atom is 0.416 e. The molecule has 0 spiro atoms. The minimum absolute atomic E-state index is 0.0229. The minimum atomic E-state index is -4.49. The van der Waals surface area contributed by atoms with Crippen molar-refractivity contribution in [1.29, 1.82) is 0 Å². The Hall–Kier alpha value is -2.07. The smallest absolute Gasteiger partial charge is 0.416 e. The van der Waals surface area contributed by atoms with Gasteiger partial charge in [0.2, 0.25) is 0 Å². The molecule has 0 saturated carbocycles. The summed E-state index contributed by atoms with van der Waals surface area (Å²) in [5.74, 6) is -0.769. The van der Waals surface area contributed by atoms with Crippen molar-refractivity contribution in [3.63, 3.8) is 0 Å². The van der Waals surface area contributed by atoms with Crippen LogP contribution in [0.25, 0.3) is 5.57 Å². The standard InChI is InChI=1S/C16H20F3NO5S/c1-24-15(21)14(11-6-8-12(9-7-11)16(17,18)19)13(20)5-3-4-10-25-26(2,22)23/h6-9H,3-5,10,20H2,1-2H3/b14-13-. The summed E-state index contributed by atoms with van der Waals surface area (Å²) in [5.41, 5.74) is 5.39. The number of unbranched alkanes of at least 4 members (excludes halogenated alkanes) is 1. The number of carbonyl (C=O) groups is 1. The molecule has 1 aromatic rings. The highest BCUT2D eigenvalue weighted by Gasteiger charge is 2.30. The van der Waals surface area contributed by atoms with Gasteiger partial charge in [-0.25, -0.2) is 4.79 Å². The number of hydrogen-bond donors (Lipinski definition) is 1. The molecule has 0 aliphatic heterocycles. The first-order chi connectivity index (χ1) is 12.0. The molecule has 1 rings (SSSR count). The highest BCUT2D eigenvalue weighted by atomic mass is 32.2. The normalized spacial score (nSPS) is 13.3. The number of allylic oxidation sites excluding steroid dienone is 1. The second kappa shape index (κ2) is 9.04. The number of methoxy groups -OCH3 is 1. The van der Waals surface area contributed by atoms with Crippen molar-refractivity contribution in [3.8, 4) is 0 Å². The number of benzene rings is 1. The number of hydrogen-bond acceptors (Lipinski definition) is 6. The fourth-order valence-corrected chi connectivity index (χ4v) is 2.54. The van der Waals surface area contributed by atoms with E-state index in [1.54, 1.807) is 0 Å². The van der Waals surface area contributed by atoms with Crippen molar-refractivity contribution < 1.29 is 35.3 Å². The monoisotopic (exact) mass is 395 g/mol. The molecular formula is C16H20F3NO5S. The Kier molecular flexibility index (Phi) is 7.64. The molecule has 0 amide bonds. The molecule has 0 aromatic heterocycles. The quantitative estimate of drug-likeness (QED) is 0.315. The van der Waals surface area contributed by atoms with Crippen LogP contribution in [0.1, 0.15) is 30.4 Å². The first-order valence-electron chi connectivity index (χ1n) is 7.54. The van der Waals surface area contributed by atoms with E-state index in [2.05, 4.69) is 8.92 Å². The van der Waals surface area contributed by atoms with Crippen molar-refractivity contribution in [2.45, 2.75) is 25.4 Å². The molecule has 0 radical (unpaired) electrons. The van der Waals surface area contributed by atoms with Crippen molar-refractivity contribution in [2.24, 2.45) is 5.73 Å². The van der Waals surface area contributed by atoms with Crippen LogP contribution in [0.5, 0.6) is 0 Å². The molecule has 0 heterocycles. The van der Waals surface area contributed by atoms with Gasteiger partial charge in [0.05, 0.1) is 31.1 Å². The summed E-state index contributed by atoms with van der Waals surface area (Å²) in [4.78, 5) is 12.0. The van der Waals surface area contributed by atoms with Crippen molar-refractivity contribution in [3.05, 3.63) is 41.1 Å². The van der Waals surface area contributed by atoms with Gasteiger partial charge in [-0.3, -0.25) is 4.18 Å². The van der Waals surface area contributed by atoms with E-state index < -0.39 is 27.8 Å². The van der Waals surface area contributed by atoms with E-state index in [-0.39, 0.29) is 29.9 Å². The molecule has 6 nitrogen and oxygen atoms in total. The van der Waals surface area contributed by atoms with Gasteiger partial charge in [0.15, 0.2) is 0 Å². The summed E-state index contributed by atoms with van der Waals surface area (Å²) >= 11 is 0. The van der Waals surface area contributed by atoms with Gasteiger partial charge in [-0.15, -0.1) is 0 Å². The van der Waals surface area contributed by atoms with Gasteiger partial charge >= 0.3 is 12.1 Å². The summed E-state index contributed by atoms with van der Waals surface area (Å²) in [6.45, 7) is -0.0278. The fourth-order valence-electron chi connectivity index (χ4n) is 2.12. The zero-order chi connectivity index (χ0) is 20.0. The van der Waals surface area contributed by atoms with Gasteiger partial charge < -0.3 is 10.5 Å². The number of carbonyl (C=O) groups excluding carboxylic acids is 1. The first kappa shape index (κ1) is 22.0. The van der Waals surface area contributed by atoms with E-state index in [1.807, 2.05) is 0 Å². The Balaban J connectivity index is 2.91. The lowest BCUT2D eigenvalue weighted by Gasteiger charge is -2.12. The minimum Gasteiger partial charge on any atom is -0.465 e. The lowest BCUT2D eigenvalue weighted by atomic mass is 9.99. The third-order valence-corrected chi connectivity index (χ3v) is 3.94. The molecule has 26 heavy (non-hydrogen) atoms. The van der Waals surface area contributed by atoms with E-state index in [0.29, 0.717) is 12.8 Å². The molecule has 0 bridgehead atoms. The molecular weight excluding hydrogens is 375 g/mol. The highest BCUT2D eigenvalue weighted by molar-refractivity contribution is 7.85. The van der Waals surface area contributed by atoms with Gasteiger partial charge in [-0.2, -0.15) is 21.6 Å². The molecule has 0 atom stereocenters. The first-order valence-corrected chi connectivity index (χ1v) is 9.36. The van der Waals surface area contributed by atoms with Crippen LogP contribution in [-0.4, -0.2) is 34.4 Å². The summed E-state index contributed by atoms with van der Waals surface area (Å²) in [7, 11) is -2.39. The summed E-state index contributed by atoms with van der Waals surface area (Å²) in [6, 6.07) is 4.00. The lowest BCUT2D eigenvalue weighted by Crippen LogP contribution is -2.13. The topological polar surface area (TPSA) is 95.7 Å². The predicted octanol–water partition coefficient (Wildman–Crippen LogP) is 2.69. The van der Waals surface area contributed by atoms with Crippen LogP contribution < -0.4 is 5.73 Å². The second-order valence-corrected chi connectivity index (χ2v) is 7.09. The molecule has 146 valence electrons. The molecule has 0 unspecified atom stereocenters. The molecule has 0 aliphatic rings. The summed E-state index contributed by atoms with van der Waals surface area (Å²) in [6.07, 6.45) is -2.55. The molecule has 10 heteroatoms. The van der Waals surface area contributed by atoms with Crippen molar-refractivity contribution >= 4 is 21.7 Å². The molecule has 1 aromatic carbocycles. The van der Waals surface area contributed by atoms with Crippen LogP contribution in [0, 0.1) is 0 Å². The summed E-state index contributed by atoms with van der Waals surface area (Å²) in [5, 5.41) is 0. The number of halogens is 3. The SMILES string of the molecule is COC(=O)/C(=C(\N)CCCCOS(C)(=O)=O)c1ccc(C(F)(F)F)cc1. The Bertz CT molecular complexity index is 755. The van der Waals surface area contributed by atoms with Gasteiger partial charge in [-0.1, -0.05) is 12.1 Å². The Morgan fingerprint density at radius 1 is 1.15 bits per heavy atom. The van der Waals surface area contributed by atoms with E-state index in [9.17, 15) is 26.4 Å². The zero-order valence-electron chi connectivity index (χ0n) is 14.3. The summed E-state index contributed by atoms with van der Waals surface area (Å²) < 4.78 is 68.9. The number of rotatable bonds is 8. The van der Waals surface area contributed by atoms with Gasteiger partial charge in [-0.05, 0) is 37.0 Å². The number of nitrogens with two attached hydrogens (primary N) is 1. The van der Waals surface area contributed by atoms with Gasteiger partial charge in [0.25, 0.3) is 10.1 Å². The third-order valence-electron chi connectivity index (χ3n) is 3.35. The average Bonchev–Trinajstić information content (AvgIpc) is 2.53. The fraction of sp³-hybridized carbons (Fsp3) is 0.438. The van der Waals surface area contributed by atoms with Crippen LogP contribution in [0.4, 0.5) is 13.2 Å². The van der Waals surface area contributed by atoms with Crippen LogP contribution in [0.3, 0.4) is 0 Å². The molecule has 0 aliphatic carbocycles. The molecule has 0 fully saturated rings. The predicted molar refractivity (Wildman–Crippen MR) is 89.2 cm³/mol. The second-order valence-electron chi connectivity index (χ2n) is 5.45. The third kappa shape index (κ3) is 7.04. The Morgan fingerprint density at radius 3 is 2.19 bits per heavy atom. The molecule has 0 saturated heterocycles. The maximum absolute atomic E-state index is 12.6. The Morgan fingerprint density at radius 2 is 1.73 bits per heavy atom. The van der Waals surface area contributed by atoms with Crippen LogP contribution >= 0.6 is 0 Å². The average molecular weight is 395 g/mol. The van der Waals surface area contributed by atoms with E-state index in [1.165, 1.54) is 0 Å². The highest BCUT2D eigenvalue weighted by Crippen LogP contribution is 2.30. The van der Waals surface area contributed by atoms with E-state index in [4.69, 9.17) is 5.73 Å². The zero-order valence-corrected chi connectivity index (χ0v) is 15.1. The van der Waals surface area contributed by atoms with Crippen LogP contribution in [-0.2, 0) is 30.0 Å². The maximum atomic E-state index is 12.6. The van der Waals surface area contributed by atoms with Crippen molar-refractivity contribution in [2.75, 3.05) is 20.0 Å². The number of ether oxygens (including phenoxy) is 1. The largest absolute Gasteiger partial charge is 0.465 e. The van der Waals surface area contributed by atoms with Gasteiger partial charge in [0.1, 0.15) is 0 Å². The van der Waals surface area contributed by atoms with Crippen LogP contribution in [0.2, 0.25) is 0 Å². The van der Waals surface area contributed by atoms with Crippen LogP contribution in [0.15, 0.2) is 30.0 Å². The molecule has 2 N–H and O–H groups in total. The van der Waals surface area contributed by atoms with E-state index in [0.717, 1.165) is 37.6 Å². The van der Waals surface area contributed by atoms with E-state index >= 15 is 0 Å².